The Morgan fingerprint density at radius 1 is 1.33 bits per heavy atom. The summed E-state index contributed by atoms with van der Waals surface area (Å²) in [5.41, 5.74) is 3.17. The number of nitrogens with one attached hydrogen (secondary N) is 1. The highest BCUT2D eigenvalue weighted by Gasteiger charge is 2.12. The first kappa shape index (κ1) is 13.3. The Morgan fingerprint density at radius 3 is 2.72 bits per heavy atom. The third-order valence-electron chi connectivity index (χ3n) is 3.29. The molecule has 0 aliphatic heterocycles. The van der Waals surface area contributed by atoms with Crippen molar-refractivity contribution in [1.29, 1.82) is 0 Å². The van der Waals surface area contributed by atoms with Gasteiger partial charge in [0.15, 0.2) is 10.4 Å². The lowest BCUT2D eigenvalue weighted by Crippen LogP contribution is -2.07. The molecular weight excluding hydrogens is 242 g/mol. The summed E-state index contributed by atoms with van der Waals surface area (Å²) >= 11 is 5.42. The fourth-order valence-electron chi connectivity index (χ4n) is 2.23. The van der Waals surface area contributed by atoms with Crippen molar-refractivity contribution in [1.82, 2.24) is 14.5 Å². The zero-order chi connectivity index (χ0) is 13.3. The van der Waals surface area contributed by atoms with Gasteiger partial charge in [-0.25, -0.2) is 4.98 Å². The number of hydrogen-bond acceptors (Lipinski definition) is 2. The second kappa shape index (κ2) is 5.22. The van der Waals surface area contributed by atoms with Crippen LogP contribution in [-0.2, 0) is 0 Å². The number of fused-ring (bicyclic) bond motifs is 1. The number of imidazole rings is 1. The maximum absolute atomic E-state index is 5.42. The number of pyridine rings is 1. The number of aromatic amines is 1. The third kappa shape index (κ3) is 2.64. The summed E-state index contributed by atoms with van der Waals surface area (Å²) in [5.74, 6) is 0.724. The van der Waals surface area contributed by atoms with Crippen molar-refractivity contribution in [2.24, 2.45) is 5.92 Å². The van der Waals surface area contributed by atoms with E-state index in [1.165, 1.54) is 6.42 Å². The van der Waals surface area contributed by atoms with Crippen LogP contribution in [0.3, 0.4) is 0 Å². The number of rotatable bonds is 4. The number of aromatic nitrogens is 3. The Morgan fingerprint density at radius 2 is 2.06 bits per heavy atom. The van der Waals surface area contributed by atoms with E-state index in [-0.39, 0.29) is 0 Å². The molecule has 4 heteroatoms. The molecule has 3 nitrogen and oxygen atoms in total. The van der Waals surface area contributed by atoms with Gasteiger partial charge in [0.1, 0.15) is 0 Å². The van der Waals surface area contributed by atoms with Crippen molar-refractivity contribution in [2.45, 2.75) is 46.6 Å². The second-order valence-electron chi connectivity index (χ2n) is 5.50. The van der Waals surface area contributed by atoms with Gasteiger partial charge in [0, 0.05) is 12.2 Å². The number of nitrogens with zero attached hydrogens (tertiary/aromatic N) is 2. The Balaban J connectivity index is 2.38. The summed E-state index contributed by atoms with van der Waals surface area (Å²) < 4.78 is 2.92. The van der Waals surface area contributed by atoms with Crippen molar-refractivity contribution in [3.05, 3.63) is 22.6 Å². The first-order chi connectivity index (χ1) is 8.49. The summed E-state index contributed by atoms with van der Waals surface area (Å²) in [5, 5.41) is 0. The minimum absolute atomic E-state index is 0.392. The molecule has 1 atom stereocenters. The lowest BCUT2D eigenvalue weighted by atomic mass is 10.0. The SMILES string of the molecule is Cc1cnc2c(c1)[nH]c(=S)n2C(C)CCC(C)C. The molecule has 0 fully saturated rings. The van der Waals surface area contributed by atoms with E-state index in [0.29, 0.717) is 6.04 Å². The molecular formula is C14H21N3S. The molecule has 0 spiro atoms. The van der Waals surface area contributed by atoms with Crippen LogP contribution in [0.15, 0.2) is 12.3 Å². The van der Waals surface area contributed by atoms with Gasteiger partial charge in [-0.15, -0.1) is 0 Å². The van der Waals surface area contributed by atoms with Gasteiger partial charge >= 0.3 is 0 Å². The lowest BCUT2D eigenvalue weighted by molar-refractivity contribution is 0.442. The van der Waals surface area contributed by atoms with Crippen LogP contribution < -0.4 is 0 Å². The second-order valence-corrected chi connectivity index (χ2v) is 5.89. The fourth-order valence-corrected chi connectivity index (χ4v) is 2.61. The van der Waals surface area contributed by atoms with Gasteiger partial charge in [0.2, 0.25) is 0 Å². The molecule has 2 rings (SSSR count). The van der Waals surface area contributed by atoms with Gasteiger partial charge in [-0.1, -0.05) is 13.8 Å². The Bertz CT molecular complexity index is 595. The van der Waals surface area contributed by atoms with E-state index in [2.05, 4.69) is 41.4 Å². The van der Waals surface area contributed by atoms with Gasteiger partial charge < -0.3 is 4.98 Å². The molecule has 98 valence electrons. The topological polar surface area (TPSA) is 33.6 Å². The van der Waals surface area contributed by atoms with E-state index in [9.17, 15) is 0 Å². The predicted octanol–water partition coefficient (Wildman–Crippen LogP) is 4.40. The van der Waals surface area contributed by atoms with Crippen LogP contribution in [0.25, 0.3) is 11.2 Å². The van der Waals surface area contributed by atoms with Crippen LogP contribution in [0, 0.1) is 17.6 Å². The largest absolute Gasteiger partial charge is 0.329 e. The highest BCUT2D eigenvalue weighted by Crippen LogP contribution is 2.22. The monoisotopic (exact) mass is 263 g/mol. The van der Waals surface area contributed by atoms with E-state index in [1.807, 2.05) is 13.1 Å². The molecule has 1 N–H and O–H groups in total. The number of aryl methyl sites for hydroxylation is 1. The van der Waals surface area contributed by atoms with Crippen LogP contribution >= 0.6 is 12.2 Å². The summed E-state index contributed by atoms with van der Waals surface area (Å²) in [6.07, 6.45) is 4.24. The van der Waals surface area contributed by atoms with E-state index in [1.54, 1.807) is 0 Å². The van der Waals surface area contributed by atoms with Crippen LogP contribution in [0.5, 0.6) is 0 Å². The molecule has 0 aliphatic rings. The highest BCUT2D eigenvalue weighted by atomic mass is 32.1. The van der Waals surface area contributed by atoms with Gasteiger partial charge in [0.05, 0.1) is 5.52 Å². The van der Waals surface area contributed by atoms with Crippen LogP contribution in [0.2, 0.25) is 0 Å². The molecule has 2 aromatic heterocycles. The highest BCUT2D eigenvalue weighted by molar-refractivity contribution is 7.71. The van der Waals surface area contributed by atoms with Crippen molar-refractivity contribution >= 4 is 23.4 Å². The van der Waals surface area contributed by atoms with E-state index < -0.39 is 0 Å². The average Bonchev–Trinajstić information content (AvgIpc) is 2.61. The Kier molecular flexibility index (Phi) is 3.85. The van der Waals surface area contributed by atoms with Gasteiger partial charge in [-0.05, 0) is 56.5 Å². The smallest absolute Gasteiger partial charge is 0.179 e. The summed E-state index contributed by atoms with van der Waals surface area (Å²) in [6, 6.07) is 2.49. The third-order valence-corrected chi connectivity index (χ3v) is 3.59. The maximum Gasteiger partial charge on any atom is 0.179 e. The normalized spacial score (nSPS) is 13.4. The first-order valence-corrected chi connectivity index (χ1v) is 6.96. The van der Waals surface area contributed by atoms with Gasteiger partial charge in [-0.2, -0.15) is 0 Å². The lowest BCUT2D eigenvalue weighted by Gasteiger charge is -2.15. The fraction of sp³-hybridized carbons (Fsp3) is 0.571. The summed E-state index contributed by atoms with van der Waals surface area (Å²) in [4.78, 5) is 7.77. The van der Waals surface area contributed by atoms with Crippen molar-refractivity contribution in [2.75, 3.05) is 0 Å². The van der Waals surface area contributed by atoms with Crippen molar-refractivity contribution in [3.63, 3.8) is 0 Å². The minimum atomic E-state index is 0.392. The maximum atomic E-state index is 5.42. The van der Waals surface area contributed by atoms with E-state index >= 15 is 0 Å². The molecule has 0 amide bonds. The molecule has 2 heterocycles. The number of H-pyrrole nitrogens is 1. The summed E-state index contributed by atoms with van der Waals surface area (Å²) in [7, 11) is 0. The van der Waals surface area contributed by atoms with Crippen LogP contribution in [0.4, 0.5) is 0 Å². The molecule has 0 aromatic carbocycles. The molecule has 0 aliphatic carbocycles. The predicted molar refractivity (Wildman–Crippen MR) is 78.4 cm³/mol. The summed E-state index contributed by atoms with van der Waals surface area (Å²) in [6.45, 7) is 8.77. The molecule has 0 saturated heterocycles. The molecule has 18 heavy (non-hydrogen) atoms. The van der Waals surface area contributed by atoms with Crippen molar-refractivity contribution < 1.29 is 0 Å². The quantitative estimate of drug-likeness (QED) is 0.829. The van der Waals surface area contributed by atoms with Crippen molar-refractivity contribution in [3.8, 4) is 0 Å². The van der Waals surface area contributed by atoms with E-state index in [0.717, 1.165) is 33.8 Å². The Hall–Kier alpha value is -1.16. The van der Waals surface area contributed by atoms with E-state index in [4.69, 9.17) is 12.2 Å². The molecule has 1 unspecified atom stereocenters. The molecule has 0 radical (unpaired) electrons. The number of hydrogen-bond donors (Lipinski definition) is 1. The molecule has 0 saturated carbocycles. The van der Waals surface area contributed by atoms with Gasteiger partial charge in [-0.3, -0.25) is 4.57 Å². The van der Waals surface area contributed by atoms with Gasteiger partial charge in [0.25, 0.3) is 0 Å². The average molecular weight is 263 g/mol. The first-order valence-electron chi connectivity index (χ1n) is 6.56. The Labute approximate surface area is 113 Å². The standard InChI is InChI=1S/C14H21N3S/c1-9(2)5-6-11(4)17-13-12(16-14(17)18)7-10(3)8-15-13/h7-9,11H,5-6H2,1-4H3,(H,16,18). The van der Waals surface area contributed by atoms with Crippen LogP contribution in [0.1, 0.15) is 45.2 Å². The zero-order valence-corrected chi connectivity index (χ0v) is 12.3. The van der Waals surface area contributed by atoms with Crippen LogP contribution in [-0.4, -0.2) is 14.5 Å². The minimum Gasteiger partial charge on any atom is -0.329 e. The zero-order valence-electron chi connectivity index (χ0n) is 11.5. The molecule has 0 bridgehead atoms. The molecule has 2 aromatic rings.